The molecule has 0 bridgehead atoms. The van der Waals surface area contributed by atoms with Gasteiger partial charge in [0, 0.05) is 23.4 Å². The molecule has 2 aliphatic rings. The first-order chi connectivity index (χ1) is 13.2. The van der Waals surface area contributed by atoms with Gasteiger partial charge in [0.05, 0.1) is 17.5 Å². The number of hydrogen-bond donors (Lipinski definition) is 1. The Morgan fingerprint density at radius 3 is 2.68 bits per heavy atom. The largest absolute Gasteiger partial charge is 0.348 e. The lowest BCUT2D eigenvalue weighted by atomic mass is 10.1. The first kappa shape index (κ1) is 21.0. The number of hydrogen-bond acceptors (Lipinski definition) is 5. The Hall–Kier alpha value is -1.74. The summed E-state index contributed by atoms with van der Waals surface area (Å²) in [4.78, 5) is 24.7. The number of benzene rings is 1. The van der Waals surface area contributed by atoms with Crippen molar-refractivity contribution in [3.05, 3.63) is 34.3 Å². The third-order valence-corrected chi connectivity index (χ3v) is 7.31. The molecule has 1 aromatic carbocycles. The van der Waals surface area contributed by atoms with Crippen LogP contribution in [0.25, 0.3) is 0 Å². The van der Waals surface area contributed by atoms with Gasteiger partial charge in [-0.1, -0.05) is 28.1 Å². The number of nitrogens with one attached hydrogen (secondary N) is 1. The molecular formula is C19H24BrN3O4S. The van der Waals surface area contributed by atoms with Crippen LogP contribution in [0.1, 0.15) is 38.2 Å². The van der Waals surface area contributed by atoms with E-state index in [0.29, 0.717) is 12.1 Å². The van der Waals surface area contributed by atoms with E-state index in [1.54, 1.807) is 0 Å². The van der Waals surface area contributed by atoms with Crippen LogP contribution in [0.4, 0.5) is 0 Å². The maximum atomic E-state index is 12.6. The normalized spacial score (nSPS) is 22.6. The van der Waals surface area contributed by atoms with Crippen molar-refractivity contribution < 1.29 is 18.0 Å². The molecule has 2 unspecified atom stereocenters. The lowest BCUT2D eigenvalue weighted by Gasteiger charge is -2.28. The minimum absolute atomic E-state index is 0.0446. The minimum atomic E-state index is -3.13. The van der Waals surface area contributed by atoms with Crippen LogP contribution in [0.5, 0.6) is 0 Å². The number of carbonyl (C=O) groups excluding carboxylic acids is 2. The third kappa shape index (κ3) is 5.41. The van der Waals surface area contributed by atoms with E-state index < -0.39 is 15.9 Å². The number of nitrogens with zero attached hydrogens (tertiary/aromatic N) is 2. The Morgan fingerprint density at radius 1 is 1.32 bits per heavy atom. The summed E-state index contributed by atoms with van der Waals surface area (Å²) in [5.41, 5.74) is 1.48. The first-order valence-electron chi connectivity index (χ1n) is 9.39. The van der Waals surface area contributed by atoms with Crippen molar-refractivity contribution in [3.63, 3.8) is 0 Å². The lowest BCUT2D eigenvalue weighted by molar-refractivity contribution is -0.133. The van der Waals surface area contributed by atoms with Crippen molar-refractivity contribution in [1.29, 1.82) is 0 Å². The SMILES string of the molecule is CC(CCc1ccc(Br)cc1)NC(=O)C1=NN(C2CCS(=O)(=O)C2)C(=O)CC1. The van der Waals surface area contributed by atoms with Gasteiger partial charge in [0.15, 0.2) is 9.84 Å². The first-order valence-corrected chi connectivity index (χ1v) is 12.0. The summed E-state index contributed by atoms with van der Waals surface area (Å²) in [5, 5.41) is 8.37. The highest BCUT2D eigenvalue weighted by Crippen LogP contribution is 2.22. The zero-order valence-corrected chi connectivity index (χ0v) is 18.1. The minimum Gasteiger partial charge on any atom is -0.348 e. The molecule has 152 valence electrons. The van der Waals surface area contributed by atoms with Gasteiger partial charge in [0.2, 0.25) is 5.91 Å². The average Bonchev–Trinajstić information content (AvgIpc) is 3.01. The molecular weight excluding hydrogens is 446 g/mol. The maximum absolute atomic E-state index is 12.6. The molecule has 0 aromatic heterocycles. The molecule has 7 nitrogen and oxygen atoms in total. The van der Waals surface area contributed by atoms with Crippen molar-refractivity contribution in [3.8, 4) is 0 Å². The van der Waals surface area contributed by atoms with E-state index in [1.165, 1.54) is 10.6 Å². The highest BCUT2D eigenvalue weighted by atomic mass is 79.9. The molecule has 1 N–H and O–H groups in total. The summed E-state index contributed by atoms with van der Waals surface area (Å²) in [7, 11) is -3.13. The van der Waals surface area contributed by atoms with Crippen molar-refractivity contribution in [2.45, 2.75) is 51.1 Å². The number of amides is 2. The van der Waals surface area contributed by atoms with Crippen molar-refractivity contribution >= 4 is 43.3 Å². The molecule has 2 heterocycles. The molecule has 1 fully saturated rings. The molecule has 1 aromatic rings. The van der Waals surface area contributed by atoms with E-state index in [0.717, 1.165) is 17.3 Å². The van der Waals surface area contributed by atoms with Gasteiger partial charge < -0.3 is 5.32 Å². The number of hydrazone groups is 1. The molecule has 2 aliphatic heterocycles. The Labute approximate surface area is 173 Å². The summed E-state index contributed by atoms with van der Waals surface area (Å²) in [6.45, 7) is 1.94. The fourth-order valence-corrected chi connectivity index (χ4v) is 5.36. The van der Waals surface area contributed by atoms with E-state index in [-0.39, 0.29) is 42.2 Å². The van der Waals surface area contributed by atoms with Crippen molar-refractivity contribution in [1.82, 2.24) is 10.3 Å². The van der Waals surface area contributed by atoms with Gasteiger partial charge in [-0.05, 0) is 43.9 Å². The quantitative estimate of drug-likeness (QED) is 0.689. The third-order valence-electron chi connectivity index (χ3n) is 5.03. The Balaban J connectivity index is 1.57. The van der Waals surface area contributed by atoms with Crippen molar-refractivity contribution in [2.75, 3.05) is 11.5 Å². The molecule has 2 amide bonds. The molecule has 0 spiro atoms. The maximum Gasteiger partial charge on any atom is 0.267 e. The summed E-state index contributed by atoms with van der Waals surface area (Å²) in [6.07, 6.45) is 2.45. The lowest BCUT2D eigenvalue weighted by Crippen LogP contribution is -2.45. The zero-order valence-electron chi connectivity index (χ0n) is 15.7. The van der Waals surface area contributed by atoms with Gasteiger partial charge in [0.1, 0.15) is 5.71 Å². The summed E-state index contributed by atoms with van der Waals surface area (Å²) in [5.74, 6) is -0.532. The number of halogens is 1. The van der Waals surface area contributed by atoms with E-state index in [2.05, 4.69) is 26.3 Å². The number of carbonyl (C=O) groups is 2. The van der Waals surface area contributed by atoms with E-state index in [1.807, 2.05) is 31.2 Å². The second kappa shape index (κ2) is 8.73. The van der Waals surface area contributed by atoms with Crippen LogP contribution in [0.15, 0.2) is 33.8 Å². The standard InChI is InChI=1S/C19H24BrN3O4S/c1-13(2-3-14-4-6-15(20)7-5-14)21-19(25)17-8-9-18(24)23(22-17)16-10-11-28(26,27)12-16/h4-7,13,16H,2-3,8-12H2,1H3,(H,21,25). The molecule has 0 aliphatic carbocycles. The van der Waals surface area contributed by atoms with E-state index in [9.17, 15) is 18.0 Å². The van der Waals surface area contributed by atoms with Crippen LogP contribution in [-0.4, -0.2) is 54.5 Å². The predicted octanol–water partition coefficient (Wildman–Crippen LogP) is 2.05. The molecule has 28 heavy (non-hydrogen) atoms. The highest BCUT2D eigenvalue weighted by molar-refractivity contribution is 9.10. The van der Waals surface area contributed by atoms with Crippen LogP contribution in [-0.2, 0) is 25.8 Å². The summed E-state index contributed by atoms with van der Waals surface area (Å²) < 4.78 is 24.4. The van der Waals surface area contributed by atoms with E-state index >= 15 is 0 Å². The van der Waals surface area contributed by atoms with Crippen LogP contribution in [0, 0.1) is 0 Å². The molecule has 9 heteroatoms. The van der Waals surface area contributed by atoms with E-state index in [4.69, 9.17) is 0 Å². The van der Waals surface area contributed by atoms with Gasteiger partial charge in [0.25, 0.3) is 5.91 Å². The number of aryl methyl sites for hydroxylation is 1. The Morgan fingerprint density at radius 2 is 2.04 bits per heavy atom. The van der Waals surface area contributed by atoms with Gasteiger partial charge in [-0.2, -0.15) is 5.10 Å². The molecule has 0 radical (unpaired) electrons. The van der Waals surface area contributed by atoms with Crippen molar-refractivity contribution in [2.24, 2.45) is 5.10 Å². The number of sulfone groups is 1. The van der Waals surface area contributed by atoms with Crippen LogP contribution >= 0.6 is 15.9 Å². The second-order valence-corrected chi connectivity index (χ2v) is 10.5. The van der Waals surface area contributed by atoms with Crippen LogP contribution in [0.3, 0.4) is 0 Å². The molecule has 2 atom stereocenters. The smallest absolute Gasteiger partial charge is 0.267 e. The van der Waals surface area contributed by atoms with Gasteiger partial charge >= 0.3 is 0 Å². The second-order valence-electron chi connectivity index (χ2n) is 7.38. The topological polar surface area (TPSA) is 95.9 Å². The Kier molecular flexibility index (Phi) is 6.54. The average molecular weight is 470 g/mol. The molecule has 0 saturated carbocycles. The monoisotopic (exact) mass is 469 g/mol. The van der Waals surface area contributed by atoms with Gasteiger partial charge in [-0.15, -0.1) is 0 Å². The zero-order chi connectivity index (χ0) is 20.3. The van der Waals surface area contributed by atoms with Gasteiger partial charge in [-0.25, -0.2) is 13.4 Å². The Bertz CT molecular complexity index is 883. The predicted molar refractivity (Wildman–Crippen MR) is 111 cm³/mol. The fraction of sp³-hybridized carbons (Fsp3) is 0.526. The molecule has 3 rings (SSSR count). The summed E-state index contributed by atoms with van der Waals surface area (Å²) in [6, 6.07) is 7.56. The van der Waals surface area contributed by atoms with Crippen LogP contribution in [0.2, 0.25) is 0 Å². The molecule has 1 saturated heterocycles. The number of rotatable bonds is 6. The summed E-state index contributed by atoms with van der Waals surface area (Å²) >= 11 is 3.41. The van der Waals surface area contributed by atoms with Crippen LogP contribution < -0.4 is 5.32 Å². The van der Waals surface area contributed by atoms with Gasteiger partial charge in [-0.3, -0.25) is 9.59 Å². The highest BCUT2D eigenvalue weighted by Gasteiger charge is 2.37. The fourth-order valence-electron chi connectivity index (χ4n) is 3.40.